The van der Waals surface area contributed by atoms with E-state index in [1.54, 1.807) is 0 Å². The van der Waals surface area contributed by atoms with E-state index in [-0.39, 0.29) is 24.5 Å². The molecule has 0 aliphatic heterocycles. The standard InChI is InChI=1S/C29H31NO5/c1-29(2,3)35-21-14-12-19(13-15-21)16-20(17-27(31)32)30-28(33)34-18-26-24-10-6-4-8-22(24)23-9-5-7-11-25(23)26/h4-15,20,26H,16-18H2,1-3H3,(H,30,33)(H,31,32)/t20-/m1/s1. The van der Waals surface area contributed by atoms with E-state index in [1.165, 1.54) is 0 Å². The van der Waals surface area contributed by atoms with Gasteiger partial charge in [0.2, 0.25) is 0 Å². The number of amides is 1. The first-order valence-electron chi connectivity index (χ1n) is 11.8. The van der Waals surface area contributed by atoms with Crippen molar-refractivity contribution < 1.29 is 24.2 Å². The lowest BCUT2D eigenvalue weighted by Gasteiger charge is -2.22. The summed E-state index contributed by atoms with van der Waals surface area (Å²) in [6.07, 6.45) is -0.456. The summed E-state index contributed by atoms with van der Waals surface area (Å²) in [5.41, 5.74) is 5.15. The molecule has 1 aliphatic rings. The van der Waals surface area contributed by atoms with Crippen molar-refractivity contribution in [1.29, 1.82) is 0 Å². The van der Waals surface area contributed by atoms with E-state index in [1.807, 2.05) is 69.3 Å². The van der Waals surface area contributed by atoms with Gasteiger partial charge in [0.05, 0.1) is 6.42 Å². The maximum atomic E-state index is 12.7. The van der Waals surface area contributed by atoms with E-state index in [0.29, 0.717) is 6.42 Å². The fourth-order valence-corrected chi connectivity index (χ4v) is 4.52. The third-order valence-electron chi connectivity index (χ3n) is 5.92. The van der Waals surface area contributed by atoms with E-state index in [4.69, 9.17) is 9.47 Å². The number of carbonyl (C=O) groups is 2. The van der Waals surface area contributed by atoms with Crippen LogP contribution in [0.25, 0.3) is 11.1 Å². The van der Waals surface area contributed by atoms with Crippen LogP contribution in [0.15, 0.2) is 72.8 Å². The molecule has 0 saturated heterocycles. The summed E-state index contributed by atoms with van der Waals surface area (Å²) < 4.78 is 11.4. The molecule has 0 unspecified atom stereocenters. The van der Waals surface area contributed by atoms with Crippen LogP contribution in [0.2, 0.25) is 0 Å². The lowest BCUT2D eigenvalue weighted by atomic mass is 9.98. The molecule has 1 aliphatic carbocycles. The SMILES string of the molecule is CC(C)(C)Oc1ccc(C[C@H](CC(=O)O)NC(=O)OCC2c3ccccc3-c3ccccc32)cc1. The molecule has 0 saturated carbocycles. The van der Waals surface area contributed by atoms with Gasteiger partial charge in [0.1, 0.15) is 18.0 Å². The van der Waals surface area contributed by atoms with Crippen molar-refractivity contribution in [2.75, 3.05) is 6.61 Å². The molecule has 1 amide bonds. The van der Waals surface area contributed by atoms with Gasteiger partial charge in [0.15, 0.2) is 0 Å². The molecule has 1 atom stereocenters. The predicted molar refractivity (Wildman–Crippen MR) is 135 cm³/mol. The molecule has 0 heterocycles. The molecular formula is C29H31NO5. The van der Waals surface area contributed by atoms with Crippen LogP contribution in [-0.2, 0) is 16.0 Å². The third kappa shape index (κ3) is 6.21. The number of carboxylic acid groups (broad SMARTS) is 1. The Morgan fingerprint density at radius 1 is 0.914 bits per heavy atom. The van der Waals surface area contributed by atoms with Crippen LogP contribution >= 0.6 is 0 Å². The first-order valence-corrected chi connectivity index (χ1v) is 11.8. The monoisotopic (exact) mass is 473 g/mol. The summed E-state index contributed by atoms with van der Waals surface area (Å²) in [6, 6.07) is 23.1. The van der Waals surface area contributed by atoms with Crippen molar-refractivity contribution >= 4 is 12.1 Å². The number of benzene rings is 3. The number of fused-ring (bicyclic) bond motifs is 3. The lowest BCUT2D eigenvalue weighted by Crippen LogP contribution is -2.39. The second kappa shape index (κ2) is 10.2. The molecule has 0 bridgehead atoms. The van der Waals surface area contributed by atoms with Gasteiger partial charge in [0.25, 0.3) is 0 Å². The Bertz CT molecular complexity index is 1150. The maximum absolute atomic E-state index is 12.7. The fraction of sp³-hybridized carbons (Fsp3) is 0.310. The number of ether oxygens (including phenoxy) is 2. The van der Waals surface area contributed by atoms with Crippen LogP contribution in [-0.4, -0.2) is 35.4 Å². The van der Waals surface area contributed by atoms with Crippen molar-refractivity contribution in [3.05, 3.63) is 89.5 Å². The molecule has 0 radical (unpaired) electrons. The third-order valence-corrected chi connectivity index (χ3v) is 5.92. The van der Waals surface area contributed by atoms with E-state index >= 15 is 0 Å². The van der Waals surface area contributed by atoms with Crippen molar-refractivity contribution in [1.82, 2.24) is 5.32 Å². The Kier molecular flexibility index (Phi) is 7.10. The van der Waals surface area contributed by atoms with Crippen LogP contribution in [0.5, 0.6) is 5.75 Å². The second-order valence-electron chi connectivity index (χ2n) is 9.83. The highest BCUT2D eigenvalue weighted by molar-refractivity contribution is 5.79. The topological polar surface area (TPSA) is 84.9 Å². The largest absolute Gasteiger partial charge is 0.488 e. The Morgan fingerprint density at radius 3 is 2.03 bits per heavy atom. The summed E-state index contributed by atoms with van der Waals surface area (Å²) in [4.78, 5) is 24.1. The van der Waals surface area contributed by atoms with Crippen LogP contribution in [0, 0.1) is 0 Å². The van der Waals surface area contributed by atoms with Crippen LogP contribution in [0.1, 0.15) is 49.8 Å². The summed E-state index contributed by atoms with van der Waals surface area (Å²) in [5, 5.41) is 12.1. The van der Waals surface area contributed by atoms with Gasteiger partial charge in [0, 0.05) is 12.0 Å². The van der Waals surface area contributed by atoms with Crippen molar-refractivity contribution in [3.63, 3.8) is 0 Å². The number of alkyl carbamates (subject to hydrolysis) is 1. The molecule has 3 aromatic carbocycles. The van der Waals surface area contributed by atoms with Gasteiger partial charge in [-0.05, 0) is 67.1 Å². The second-order valence-corrected chi connectivity index (χ2v) is 9.83. The number of hydrogen-bond donors (Lipinski definition) is 2. The average Bonchev–Trinajstić information content (AvgIpc) is 3.11. The molecule has 35 heavy (non-hydrogen) atoms. The average molecular weight is 474 g/mol. The number of aliphatic carboxylic acids is 1. The molecule has 0 aromatic heterocycles. The van der Waals surface area contributed by atoms with Crippen molar-refractivity contribution in [2.24, 2.45) is 0 Å². The zero-order valence-electron chi connectivity index (χ0n) is 20.3. The smallest absolute Gasteiger partial charge is 0.407 e. The molecule has 6 heteroatoms. The van der Waals surface area contributed by atoms with Crippen molar-refractivity contribution in [3.8, 4) is 16.9 Å². The molecule has 0 fully saturated rings. The van der Waals surface area contributed by atoms with Gasteiger partial charge in [-0.15, -0.1) is 0 Å². The maximum Gasteiger partial charge on any atom is 0.407 e. The summed E-state index contributed by atoms with van der Waals surface area (Å²) in [6.45, 7) is 6.10. The highest BCUT2D eigenvalue weighted by Gasteiger charge is 2.29. The highest BCUT2D eigenvalue weighted by Crippen LogP contribution is 2.44. The zero-order chi connectivity index (χ0) is 25.0. The van der Waals surface area contributed by atoms with E-state index in [9.17, 15) is 14.7 Å². The van der Waals surface area contributed by atoms with E-state index < -0.39 is 18.1 Å². The number of carboxylic acids is 1. The van der Waals surface area contributed by atoms with Crippen LogP contribution < -0.4 is 10.1 Å². The summed E-state index contributed by atoms with van der Waals surface area (Å²) in [7, 11) is 0. The van der Waals surface area contributed by atoms with E-state index in [0.717, 1.165) is 33.6 Å². The summed E-state index contributed by atoms with van der Waals surface area (Å²) in [5.74, 6) is -0.302. The lowest BCUT2D eigenvalue weighted by molar-refractivity contribution is -0.137. The van der Waals surface area contributed by atoms with Crippen LogP contribution in [0.4, 0.5) is 4.79 Å². The molecule has 0 spiro atoms. The number of nitrogens with one attached hydrogen (secondary N) is 1. The Balaban J connectivity index is 1.39. The molecule has 182 valence electrons. The quantitative estimate of drug-likeness (QED) is 0.433. The molecule has 3 aromatic rings. The highest BCUT2D eigenvalue weighted by atomic mass is 16.5. The van der Waals surface area contributed by atoms with Gasteiger partial charge >= 0.3 is 12.1 Å². The zero-order valence-corrected chi connectivity index (χ0v) is 20.3. The molecular weight excluding hydrogens is 442 g/mol. The van der Waals surface area contributed by atoms with Crippen LogP contribution in [0.3, 0.4) is 0 Å². The number of carbonyl (C=O) groups excluding carboxylic acids is 1. The Hall–Kier alpha value is -3.80. The van der Waals surface area contributed by atoms with Gasteiger partial charge in [-0.2, -0.15) is 0 Å². The summed E-state index contributed by atoms with van der Waals surface area (Å²) >= 11 is 0. The van der Waals surface area contributed by atoms with Gasteiger partial charge in [-0.25, -0.2) is 4.79 Å². The Morgan fingerprint density at radius 2 is 1.49 bits per heavy atom. The molecule has 6 nitrogen and oxygen atoms in total. The number of rotatable bonds is 8. The van der Waals surface area contributed by atoms with Gasteiger partial charge < -0.3 is 19.9 Å². The minimum Gasteiger partial charge on any atom is -0.488 e. The van der Waals surface area contributed by atoms with Crippen molar-refractivity contribution in [2.45, 2.75) is 51.2 Å². The first kappa shape index (κ1) is 24.3. The normalized spacial score (nSPS) is 13.5. The van der Waals surface area contributed by atoms with Gasteiger partial charge in [-0.3, -0.25) is 4.79 Å². The minimum atomic E-state index is -0.985. The first-order chi connectivity index (χ1) is 16.7. The molecule has 2 N–H and O–H groups in total. The van der Waals surface area contributed by atoms with E-state index in [2.05, 4.69) is 29.6 Å². The minimum absolute atomic E-state index is 0.0542. The van der Waals surface area contributed by atoms with Gasteiger partial charge in [-0.1, -0.05) is 60.7 Å². The fourth-order valence-electron chi connectivity index (χ4n) is 4.52. The molecule has 4 rings (SSSR count). The Labute approximate surface area is 205 Å². The number of hydrogen-bond acceptors (Lipinski definition) is 4. The predicted octanol–water partition coefficient (Wildman–Crippen LogP) is 5.79.